The fourth-order valence-electron chi connectivity index (χ4n) is 2.88. The fraction of sp³-hybridized carbons (Fsp3) is 0.158. The zero-order valence-electron chi connectivity index (χ0n) is 15.8. The zero-order chi connectivity index (χ0) is 22.2. The maximum atomic E-state index is 13.2. The van der Waals surface area contributed by atoms with Crippen LogP contribution in [0, 0.1) is 0 Å². The molecular formula is C19H12F3N5O4. The van der Waals surface area contributed by atoms with Crippen molar-refractivity contribution < 1.29 is 27.2 Å². The van der Waals surface area contributed by atoms with Gasteiger partial charge in [0, 0.05) is 13.1 Å². The SMILES string of the molecule is CC(=O)Oc1nn(Cc2noc(-c3ccccc3C(F)(F)F)n2)c(=O)c2cccnc12. The molecule has 0 bridgehead atoms. The molecular weight excluding hydrogens is 419 g/mol. The Kier molecular flexibility index (Phi) is 4.97. The van der Waals surface area contributed by atoms with E-state index in [0.29, 0.717) is 0 Å². The first-order chi connectivity index (χ1) is 14.7. The van der Waals surface area contributed by atoms with Gasteiger partial charge >= 0.3 is 12.1 Å². The first-order valence-electron chi connectivity index (χ1n) is 8.77. The van der Waals surface area contributed by atoms with Crippen LogP contribution in [0.4, 0.5) is 13.2 Å². The van der Waals surface area contributed by atoms with Crippen molar-refractivity contribution >= 4 is 16.9 Å². The van der Waals surface area contributed by atoms with Crippen molar-refractivity contribution in [3.8, 4) is 17.3 Å². The van der Waals surface area contributed by atoms with Crippen LogP contribution in [0.3, 0.4) is 0 Å². The van der Waals surface area contributed by atoms with Crippen molar-refractivity contribution in [3.05, 3.63) is 64.3 Å². The van der Waals surface area contributed by atoms with E-state index in [-0.39, 0.29) is 40.6 Å². The molecule has 4 rings (SSSR count). The van der Waals surface area contributed by atoms with Crippen LogP contribution in [-0.4, -0.2) is 30.9 Å². The normalized spacial score (nSPS) is 11.6. The predicted octanol–water partition coefficient (Wildman–Crippen LogP) is 2.83. The third-order valence-corrected chi connectivity index (χ3v) is 4.15. The van der Waals surface area contributed by atoms with Crippen LogP contribution in [0.1, 0.15) is 18.3 Å². The minimum Gasteiger partial charge on any atom is -0.404 e. The Bertz CT molecular complexity index is 1350. The van der Waals surface area contributed by atoms with Crippen LogP contribution in [0.2, 0.25) is 0 Å². The molecule has 0 fully saturated rings. The molecule has 0 atom stereocenters. The minimum atomic E-state index is -4.62. The Morgan fingerprint density at radius 1 is 1.19 bits per heavy atom. The molecule has 1 aromatic carbocycles. The molecule has 0 aliphatic heterocycles. The number of halogens is 3. The summed E-state index contributed by atoms with van der Waals surface area (Å²) < 4.78 is 50.7. The Morgan fingerprint density at radius 3 is 2.71 bits per heavy atom. The third-order valence-electron chi connectivity index (χ3n) is 4.15. The molecule has 158 valence electrons. The van der Waals surface area contributed by atoms with Crippen LogP contribution in [-0.2, 0) is 17.5 Å². The van der Waals surface area contributed by atoms with Gasteiger partial charge in [0.05, 0.1) is 16.5 Å². The summed E-state index contributed by atoms with van der Waals surface area (Å²) in [6.07, 6.45) is -3.21. The molecule has 0 unspecified atom stereocenters. The van der Waals surface area contributed by atoms with E-state index in [9.17, 15) is 22.8 Å². The molecule has 12 heteroatoms. The summed E-state index contributed by atoms with van der Waals surface area (Å²) in [6, 6.07) is 7.73. The molecule has 0 N–H and O–H groups in total. The van der Waals surface area contributed by atoms with Gasteiger partial charge < -0.3 is 9.26 Å². The fourth-order valence-corrected chi connectivity index (χ4v) is 2.88. The number of hydrogen-bond acceptors (Lipinski definition) is 8. The number of pyridine rings is 1. The van der Waals surface area contributed by atoms with E-state index in [1.807, 2.05) is 0 Å². The lowest BCUT2D eigenvalue weighted by atomic mass is 10.1. The average Bonchev–Trinajstić information content (AvgIpc) is 3.19. The molecule has 0 spiro atoms. The van der Waals surface area contributed by atoms with E-state index in [1.165, 1.54) is 36.5 Å². The Morgan fingerprint density at radius 2 is 1.97 bits per heavy atom. The summed E-state index contributed by atoms with van der Waals surface area (Å²) in [5, 5.41) is 7.74. The molecule has 3 aromatic heterocycles. The number of alkyl halides is 3. The van der Waals surface area contributed by atoms with E-state index >= 15 is 0 Å². The van der Waals surface area contributed by atoms with Crippen molar-refractivity contribution in [2.45, 2.75) is 19.6 Å². The number of ether oxygens (including phenoxy) is 1. The standard InChI is InChI=1S/C19H12F3N5O4/c1-10(28)30-17-15-12(6-4-8-23-15)18(29)27(25-17)9-14-24-16(31-26-14)11-5-2-3-7-13(11)19(20,21)22/h2-8H,9H2,1H3. The highest BCUT2D eigenvalue weighted by molar-refractivity contribution is 5.84. The van der Waals surface area contributed by atoms with Crippen LogP contribution in [0.5, 0.6) is 5.88 Å². The number of fused-ring (bicyclic) bond motifs is 1. The lowest BCUT2D eigenvalue weighted by molar-refractivity contribution is -0.137. The Hall–Kier alpha value is -4.09. The van der Waals surface area contributed by atoms with Gasteiger partial charge in [0.2, 0.25) is 0 Å². The van der Waals surface area contributed by atoms with E-state index in [1.54, 1.807) is 0 Å². The predicted molar refractivity (Wildman–Crippen MR) is 98.9 cm³/mol. The van der Waals surface area contributed by atoms with Crippen molar-refractivity contribution in [1.29, 1.82) is 0 Å². The van der Waals surface area contributed by atoms with E-state index < -0.39 is 23.3 Å². The topological polar surface area (TPSA) is 113 Å². The van der Waals surface area contributed by atoms with Gasteiger partial charge in [0.15, 0.2) is 5.82 Å². The highest BCUT2D eigenvalue weighted by atomic mass is 19.4. The number of hydrogen-bond donors (Lipinski definition) is 0. The zero-order valence-corrected chi connectivity index (χ0v) is 15.8. The smallest absolute Gasteiger partial charge is 0.404 e. The van der Waals surface area contributed by atoms with Crippen LogP contribution >= 0.6 is 0 Å². The van der Waals surface area contributed by atoms with Gasteiger partial charge in [-0.15, -0.1) is 5.10 Å². The number of rotatable bonds is 4. The van der Waals surface area contributed by atoms with Crippen LogP contribution < -0.4 is 10.3 Å². The molecule has 4 aromatic rings. The summed E-state index contributed by atoms with van der Waals surface area (Å²) in [5.41, 5.74) is -1.72. The maximum Gasteiger partial charge on any atom is 0.417 e. The number of carbonyl (C=O) groups excluding carboxylic acids is 1. The van der Waals surface area contributed by atoms with Crippen molar-refractivity contribution in [2.24, 2.45) is 0 Å². The first-order valence-corrected chi connectivity index (χ1v) is 8.77. The number of aromatic nitrogens is 5. The number of esters is 1. The largest absolute Gasteiger partial charge is 0.417 e. The molecule has 0 saturated carbocycles. The highest BCUT2D eigenvalue weighted by Gasteiger charge is 2.34. The van der Waals surface area contributed by atoms with Crippen molar-refractivity contribution in [3.63, 3.8) is 0 Å². The molecule has 0 amide bonds. The van der Waals surface area contributed by atoms with Crippen LogP contribution in [0.15, 0.2) is 51.9 Å². The van der Waals surface area contributed by atoms with E-state index in [0.717, 1.165) is 17.7 Å². The summed E-state index contributed by atoms with van der Waals surface area (Å²) >= 11 is 0. The van der Waals surface area contributed by atoms with Crippen molar-refractivity contribution in [2.75, 3.05) is 0 Å². The summed E-state index contributed by atoms with van der Waals surface area (Å²) in [6.45, 7) is 0.824. The lowest BCUT2D eigenvalue weighted by Crippen LogP contribution is -2.25. The molecule has 0 aliphatic rings. The summed E-state index contributed by atoms with van der Waals surface area (Å²) in [5.74, 6) is -1.33. The monoisotopic (exact) mass is 431 g/mol. The molecule has 0 aliphatic carbocycles. The molecule has 0 radical (unpaired) electrons. The highest BCUT2D eigenvalue weighted by Crippen LogP contribution is 2.36. The molecule has 9 nitrogen and oxygen atoms in total. The van der Waals surface area contributed by atoms with Gasteiger partial charge in [-0.25, -0.2) is 4.68 Å². The van der Waals surface area contributed by atoms with Gasteiger partial charge in [0.25, 0.3) is 17.3 Å². The van der Waals surface area contributed by atoms with Gasteiger partial charge in [-0.1, -0.05) is 17.3 Å². The summed E-state index contributed by atoms with van der Waals surface area (Å²) in [4.78, 5) is 32.1. The van der Waals surface area contributed by atoms with Gasteiger partial charge in [-0.3, -0.25) is 14.6 Å². The second kappa shape index (κ2) is 7.63. The van der Waals surface area contributed by atoms with Crippen LogP contribution in [0.25, 0.3) is 22.4 Å². The minimum absolute atomic E-state index is 0.0897. The third kappa shape index (κ3) is 3.99. The van der Waals surface area contributed by atoms with E-state index in [4.69, 9.17) is 9.26 Å². The van der Waals surface area contributed by atoms with Gasteiger partial charge in [-0.05, 0) is 24.3 Å². The van der Waals surface area contributed by atoms with Gasteiger partial charge in [0.1, 0.15) is 12.1 Å². The van der Waals surface area contributed by atoms with Gasteiger partial charge in [-0.2, -0.15) is 18.2 Å². The molecule has 0 saturated heterocycles. The van der Waals surface area contributed by atoms with Crippen molar-refractivity contribution in [1.82, 2.24) is 24.9 Å². The number of nitrogens with zero attached hydrogens (tertiary/aromatic N) is 5. The lowest BCUT2D eigenvalue weighted by Gasteiger charge is -2.09. The Labute approximate surface area is 171 Å². The second-order valence-electron chi connectivity index (χ2n) is 6.32. The number of benzene rings is 1. The maximum absolute atomic E-state index is 13.2. The average molecular weight is 431 g/mol. The van der Waals surface area contributed by atoms with E-state index in [2.05, 4.69) is 20.2 Å². The molecule has 3 heterocycles. The second-order valence-corrected chi connectivity index (χ2v) is 6.32. The Balaban J connectivity index is 1.74. The summed E-state index contributed by atoms with van der Waals surface area (Å²) in [7, 11) is 0. The number of carbonyl (C=O) groups is 1. The molecule has 31 heavy (non-hydrogen) atoms. The quantitative estimate of drug-likeness (QED) is 0.454. The first kappa shape index (κ1) is 20.2.